The van der Waals surface area contributed by atoms with Crippen LogP contribution in [-0.2, 0) is 4.79 Å². The van der Waals surface area contributed by atoms with Gasteiger partial charge in [-0.1, -0.05) is 19.3 Å². The first kappa shape index (κ1) is 18.3. The minimum Gasteiger partial charge on any atom is -0.335 e. The first-order valence-electron chi connectivity index (χ1n) is 8.76. The van der Waals surface area contributed by atoms with Gasteiger partial charge in [-0.3, -0.25) is 4.79 Å². The van der Waals surface area contributed by atoms with Gasteiger partial charge in [0.1, 0.15) is 0 Å². The van der Waals surface area contributed by atoms with E-state index in [0.29, 0.717) is 19.4 Å². The van der Waals surface area contributed by atoms with E-state index in [-0.39, 0.29) is 18.0 Å². The van der Waals surface area contributed by atoms with E-state index in [1.54, 1.807) is 6.07 Å². The van der Waals surface area contributed by atoms with Crippen molar-refractivity contribution in [3.8, 4) is 0 Å². The molecule has 5 N–H and O–H groups in total. The zero-order valence-electron chi connectivity index (χ0n) is 14.4. The van der Waals surface area contributed by atoms with Gasteiger partial charge in [0, 0.05) is 23.8 Å². The number of anilines is 2. The van der Waals surface area contributed by atoms with Gasteiger partial charge >= 0.3 is 6.03 Å². The molecule has 6 nitrogen and oxygen atoms in total. The summed E-state index contributed by atoms with van der Waals surface area (Å²) in [7, 11) is 0. The molecule has 3 amide bonds. The molecule has 0 aliphatic heterocycles. The average molecular weight is 332 g/mol. The van der Waals surface area contributed by atoms with Crippen LogP contribution in [-0.4, -0.2) is 24.5 Å². The molecule has 1 aromatic rings. The molecule has 0 unspecified atom stereocenters. The van der Waals surface area contributed by atoms with Crippen molar-refractivity contribution < 1.29 is 9.59 Å². The lowest BCUT2D eigenvalue weighted by atomic mass is 9.96. The Labute approximate surface area is 143 Å². The fourth-order valence-electron chi connectivity index (χ4n) is 2.96. The number of rotatable bonds is 6. The number of nitrogens with two attached hydrogens (primary N) is 1. The Balaban J connectivity index is 1.87. The summed E-state index contributed by atoms with van der Waals surface area (Å²) in [6.45, 7) is 2.41. The van der Waals surface area contributed by atoms with Gasteiger partial charge in [-0.05, 0) is 56.5 Å². The number of hydrogen-bond acceptors (Lipinski definition) is 3. The number of hydrogen-bond donors (Lipinski definition) is 4. The molecule has 2 rings (SSSR count). The molecule has 0 heterocycles. The molecule has 0 radical (unpaired) electrons. The molecule has 132 valence electrons. The van der Waals surface area contributed by atoms with E-state index in [1.165, 1.54) is 19.3 Å². The maximum Gasteiger partial charge on any atom is 0.319 e. The number of amides is 3. The van der Waals surface area contributed by atoms with Crippen LogP contribution in [0.3, 0.4) is 0 Å². The van der Waals surface area contributed by atoms with Gasteiger partial charge in [-0.2, -0.15) is 0 Å². The first-order chi connectivity index (χ1) is 11.6. The van der Waals surface area contributed by atoms with Crippen LogP contribution in [0.15, 0.2) is 18.2 Å². The van der Waals surface area contributed by atoms with E-state index in [0.717, 1.165) is 29.8 Å². The largest absolute Gasteiger partial charge is 0.335 e. The van der Waals surface area contributed by atoms with Gasteiger partial charge in [0.15, 0.2) is 0 Å². The molecule has 0 aromatic heterocycles. The smallest absolute Gasteiger partial charge is 0.319 e. The third-order valence-electron chi connectivity index (χ3n) is 4.31. The lowest BCUT2D eigenvalue weighted by Crippen LogP contribution is -2.39. The minimum absolute atomic E-state index is 0.0457. The van der Waals surface area contributed by atoms with Crippen LogP contribution in [0.25, 0.3) is 0 Å². The van der Waals surface area contributed by atoms with Crippen LogP contribution in [0.5, 0.6) is 0 Å². The third-order valence-corrected chi connectivity index (χ3v) is 4.31. The van der Waals surface area contributed by atoms with Crippen molar-refractivity contribution >= 4 is 23.3 Å². The summed E-state index contributed by atoms with van der Waals surface area (Å²) < 4.78 is 0. The van der Waals surface area contributed by atoms with Gasteiger partial charge < -0.3 is 21.7 Å². The second-order valence-electron chi connectivity index (χ2n) is 6.40. The van der Waals surface area contributed by atoms with E-state index in [2.05, 4.69) is 16.0 Å². The van der Waals surface area contributed by atoms with Crippen LogP contribution in [0.4, 0.5) is 16.2 Å². The molecule has 0 atom stereocenters. The van der Waals surface area contributed by atoms with Gasteiger partial charge in [0.2, 0.25) is 5.91 Å². The van der Waals surface area contributed by atoms with Gasteiger partial charge in [0.25, 0.3) is 0 Å². The lowest BCUT2D eigenvalue weighted by molar-refractivity contribution is -0.116. The quantitative estimate of drug-likeness (QED) is 0.644. The Hall–Kier alpha value is -2.08. The van der Waals surface area contributed by atoms with Crippen LogP contribution < -0.4 is 21.7 Å². The standard InChI is InChI=1S/C18H28N4O2/c1-13-12-15(20-17(23)8-5-11-19)9-10-16(13)22-18(24)21-14-6-3-2-4-7-14/h9-10,12,14H,2-8,11,19H2,1H3,(H,20,23)(H2,21,22,24). The molecule has 1 aliphatic rings. The van der Waals surface area contributed by atoms with Gasteiger partial charge in [-0.25, -0.2) is 4.79 Å². The molecule has 1 saturated carbocycles. The predicted octanol–water partition coefficient (Wildman–Crippen LogP) is 3.13. The number of urea groups is 1. The summed E-state index contributed by atoms with van der Waals surface area (Å²) in [6, 6.07) is 5.58. The maximum atomic E-state index is 12.1. The first-order valence-corrected chi connectivity index (χ1v) is 8.76. The van der Waals surface area contributed by atoms with Crippen LogP contribution >= 0.6 is 0 Å². The Morgan fingerprint density at radius 1 is 1.17 bits per heavy atom. The molecular weight excluding hydrogens is 304 g/mol. The number of aryl methyl sites for hydroxylation is 1. The van der Waals surface area contributed by atoms with Crippen LogP contribution in [0, 0.1) is 6.92 Å². The van der Waals surface area contributed by atoms with E-state index < -0.39 is 0 Å². The van der Waals surface area contributed by atoms with Crippen molar-refractivity contribution in [3.63, 3.8) is 0 Å². The Bertz CT molecular complexity index is 568. The Morgan fingerprint density at radius 3 is 2.58 bits per heavy atom. The maximum absolute atomic E-state index is 12.1. The fraction of sp³-hybridized carbons (Fsp3) is 0.556. The van der Waals surface area contributed by atoms with Crippen molar-refractivity contribution in [1.82, 2.24) is 5.32 Å². The topological polar surface area (TPSA) is 96.2 Å². The number of benzene rings is 1. The van der Waals surface area contributed by atoms with E-state index in [4.69, 9.17) is 5.73 Å². The van der Waals surface area contributed by atoms with E-state index in [1.807, 2.05) is 19.1 Å². The summed E-state index contributed by atoms with van der Waals surface area (Å²) in [5.41, 5.74) is 7.79. The molecule has 6 heteroatoms. The van der Waals surface area contributed by atoms with Crippen molar-refractivity contribution in [1.29, 1.82) is 0 Å². The van der Waals surface area contributed by atoms with Crippen molar-refractivity contribution in [2.24, 2.45) is 5.73 Å². The normalized spacial score (nSPS) is 14.9. The molecule has 0 bridgehead atoms. The highest BCUT2D eigenvalue weighted by Gasteiger charge is 2.16. The third kappa shape index (κ3) is 5.85. The number of nitrogens with one attached hydrogen (secondary N) is 3. The van der Waals surface area contributed by atoms with Crippen molar-refractivity contribution in [2.75, 3.05) is 17.2 Å². The SMILES string of the molecule is Cc1cc(NC(=O)CCCN)ccc1NC(=O)NC1CCCCC1. The Morgan fingerprint density at radius 2 is 1.92 bits per heavy atom. The summed E-state index contributed by atoms with van der Waals surface area (Å²) in [5.74, 6) is -0.0457. The van der Waals surface area contributed by atoms with Crippen LogP contribution in [0.2, 0.25) is 0 Å². The second kappa shape index (κ2) is 9.27. The zero-order chi connectivity index (χ0) is 17.4. The fourth-order valence-corrected chi connectivity index (χ4v) is 2.96. The van der Waals surface area contributed by atoms with Crippen molar-refractivity contribution in [2.45, 2.75) is 57.9 Å². The minimum atomic E-state index is -0.162. The Kier molecular flexibility index (Phi) is 7.06. The highest BCUT2D eigenvalue weighted by atomic mass is 16.2. The molecular formula is C18H28N4O2. The molecule has 1 fully saturated rings. The predicted molar refractivity (Wildman–Crippen MR) is 97.1 cm³/mol. The van der Waals surface area contributed by atoms with Crippen LogP contribution in [0.1, 0.15) is 50.5 Å². The lowest BCUT2D eigenvalue weighted by Gasteiger charge is -2.23. The highest BCUT2D eigenvalue weighted by molar-refractivity contribution is 5.93. The number of carbonyl (C=O) groups is 2. The molecule has 1 aliphatic carbocycles. The summed E-state index contributed by atoms with van der Waals surface area (Å²) in [6.07, 6.45) is 6.83. The van der Waals surface area contributed by atoms with Crippen molar-refractivity contribution in [3.05, 3.63) is 23.8 Å². The van der Waals surface area contributed by atoms with E-state index in [9.17, 15) is 9.59 Å². The average Bonchev–Trinajstić information content (AvgIpc) is 2.56. The van der Waals surface area contributed by atoms with Gasteiger partial charge in [-0.15, -0.1) is 0 Å². The summed E-state index contributed by atoms with van der Waals surface area (Å²) in [4.78, 5) is 23.8. The summed E-state index contributed by atoms with van der Waals surface area (Å²) in [5, 5.41) is 8.77. The van der Waals surface area contributed by atoms with E-state index >= 15 is 0 Å². The second-order valence-corrected chi connectivity index (χ2v) is 6.40. The van der Waals surface area contributed by atoms with Gasteiger partial charge in [0.05, 0.1) is 0 Å². The highest BCUT2D eigenvalue weighted by Crippen LogP contribution is 2.21. The number of carbonyl (C=O) groups excluding carboxylic acids is 2. The zero-order valence-corrected chi connectivity index (χ0v) is 14.4. The molecule has 0 saturated heterocycles. The molecule has 1 aromatic carbocycles. The molecule has 24 heavy (non-hydrogen) atoms. The monoisotopic (exact) mass is 332 g/mol. The molecule has 0 spiro atoms. The summed E-state index contributed by atoms with van der Waals surface area (Å²) >= 11 is 0.